The number of nitrogens with zero attached hydrogens (tertiary/aromatic N) is 6. The van der Waals surface area contributed by atoms with E-state index < -0.39 is 0 Å². The van der Waals surface area contributed by atoms with Gasteiger partial charge in [-0.2, -0.15) is 4.37 Å². The second-order valence-electron chi connectivity index (χ2n) is 7.12. The van der Waals surface area contributed by atoms with Gasteiger partial charge in [-0.05, 0) is 12.5 Å². The molecule has 3 rings (SSSR count). The predicted molar refractivity (Wildman–Crippen MR) is 122 cm³/mol. The fraction of sp³-hybridized carbons (Fsp3) is 0.524. The van der Waals surface area contributed by atoms with Gasteiger partial charge in [0.1, 0.15) is 5.82 Å². The van der Waals surface area contributed by atoms with Crippen molar-refractivity contribution in [3.63, 3.8) is 0 Å². The molecule has 2 aromatic rings. The highest BCUT2D eigenvalue weighted by Crippen LogP contribution is 2.19. The van der Waals surface area contributed by atoms with Crippen LogP contribution in [-0.4, -0.2) is 77.3 Å². The Morgan fingerprint density at radius 1 is 1.20 bits per heavy atom. The number of likely N-dealkylation sites (N-methyl/N-ethyl adjacent to an activating group) is 1. The van der Waals surface area contributed by atoms with Gasteiger partial charge in [-0.1, -0.05) is 37.3 Å². The van der Waals surface area contributed by atoms with Crippen molar-refractivity contribution in [2.45, 2.75) is 26.8 Å². The third kappa shape index (κ3) is 5.69. The number of hydrogen-bond donors (Lipinski definition) is 1. The summed E-state index contributed by atoms with van der Waals surface area (Å²) >= 11 is 1.47. The third-order valence-electron chi connectivity index (χ3n) is 5.18. The first-order valence-electron chi connectivity index (χ1n) is 10.5. The number of carbonyl (C=O) groups excluding carboxylic acids is 1. The lowest BCUT2D eigenvalue weighted by atomic mass is 10.2. The molecule has 1 aliphatic rings. The summed E-state index contributed by atoms with van der Waals surface area (Å²) in [5, 5.41) is 4.24. The smallest absolute Gasteiger partial charge is 0.242 e. The monoisotopic (exact) mass is 429 g/mol. The highest BCUT2D eigenvalue weighted by molar-refractivity contribution is 7.09. The second-order valence-corrected chi connectivity index (χ2v) is 7.85. The fourth-order valence-electron chi connectivity index (χ4n) is 3.41. The molecule has 0 atom stereocenters. The number of amides is 1. The van der Waals surface area contributed by atoms with Crippen LogP contribution >= 0.6 is 11.5 Å². The third-order valence-corrected chi connectivity index (χ3v) is 6.00. The first-order chi connectivity index (χ1) is 14.6. The Labute approximate surface area is 182 Å². The van der Waals surface area contributed by atoms with E-state index in [1.165, 1.54) is 11.5 Å². The van der Waals surface area contributed by atoms with E-state index >= 15 is 0 Å². The van der Waals surface area contributed by atoms with Gasteiger partial charge in [0.15, 0.2) is 5.96 Å². The Hall–Kier alpha value is -2.68. The summed E-state index contributed by atoms with van der Waals surface area (Å²) in [6.07, 6.45) is 0.861. The summed E-state index contributed by atoms with van der Waals surface area (Å²) in [6, 6.07) is 10.1. The van der Waals surface area contributed by atoms with E-state index in [1.807, 2.05) is 42.2 Å². The first-order valence-corrected chi connectivity index (χ1v) is 11.3. The molecule has 1 saturated heterocycles. The molecule has 2 heterocycles. The van der Waals surface area contributed by atoms with Gasteiger partial charge in [-0.25, -0.2) is 4.98 Å². The minimum absolute atomic E-state index is 0.0714. The number of anilines is 1. The lowest BCUT2D eigenvalue weighted by Crippen LogP contribution is -2.54. The maximum atomic E-state index is 12.7. The van der Waals surface area contributed by atoms with Gasteiger partial charge in [0.05, 0.1) is 6.54 Å². The highest BCUT2D eigenvalue weighted by atomic mass is 32.1. The van der Waals surface area contributed by atoms with Crippen molar-refractivity contribution in [2.24, 2.45) is 4.99 Å². The maximum absolute atomic E-state index is 12.7. The van der Waals surface area contributed by atoms with Gasteiger partial charge in [0.2, 0.25) is 11.0 Å². The van der Waals surface area contributed by atoms with Gasteiger partial charge in [0.25, 0.3) is 0 Å². The molecule has 1 aromatic carbocycles. The molecule has 0 bridgehead atoms. The van der Waals surface area contributed by atoms with E-state index in [4.69, 9.17) is 0 Å². The highest BCUT2D eigenvalue weighted by Gasteiger charge is 2.23. The molecule has 0 saturated carbocycles. The minimum Gasteiger partial charge on any atom is -0.347 e. The van der Waals surface area contributed by atoms with E-state index in [-0.39, 0.29) is 12.5 Å². The topological polar surface area (TPSA) is 77.0 Å². The van der Waals surface area contributed by atoms with Gasteiger partial charge < -0.3 is 20.0 Å². The molecule has 9 heteroatoms. The summed E-state index contributed by atoms with van der Waals surface area (Å²) in [5.74, 6) is 1.75. The number of aliphatic imine (C=N–C) groups is 1. The number of piperazine rings is 1. The zero-order chi connectivity index (χ0) is 21.3. The molecular formula is C21H31N7OS. The molecule has 1 fully saturated rings. The fourth-order valence-corrected chi connectivity index (χ4v) is 4.21. The normalized spacial score (nSPS) is 14.7. The average molecular weight is 430 g/mol. The Morgan fingerprint density at radius 3 is 2.53 bits per heavy atom. The van der Waals surface area contributed by atoms with Crippen LogP contribution in [0.3, 0.4) is 0 Å². The Morgan fingerprint density at radius 2 is 1.93 bits per heavy atom. The van der Waals surface area contributed by atoms with Gasteiger partial charge >= 0.3 is 0 Å². The molecule has 1 amide bonds. The number of hydrogen-bond acceptors (Lipinski definition) is 6. The van der Waals surface area contributed by atoms with Crippen LogP contribution in [0.2, 0.25) is 0 Å². The number of guanidine groups is 1. The van der Waals surface area contributed by atoms with Crippen molar-refractivity contribution in [2.75, 3.05) is 51.2 Å². The first kappa shape index (κ1) is 22.0. The molecule has 0 spiro atoms. The lowest BCUT2D eigenvalue weighted by Gasteiger charge is -2.36. The average Bonchev–Trinajstić information content (AvgIpc) is 3.28. The van der Waals surface area contributed by atoms with Crippen LogP contribution in [0.1, 0.15) is 25.2 Å². The van der Waals surface area contributed by atoms with Crippen molar-refractivity contribution >= 4 is 28.5 Å². The summed E-state index contributed by atoms with van der Waals surface area (Å²) in [5.41, 5.74) is 1.14. The Kier molecular flexibility index (Phi) is 8.01. The van der Waals surface area contributed by atoms with E-state index in [9.17, 15) is 4.79 Å². The van der Waals surface area contributed by atoms with Gasteiger partial charge in [0, 0.05) is 64.3 Å². The molecule has 30 heavy (non-hydrogen) atoms. The van der Waals surface area contributed by atoms with Crippen LogP contribution in [0.5, 0.6) is 0 Å². The van der Waals surface area contributed by atoms with Crippen molar-refractivity contribution in [3.8, 4) is 0 Å². The Bertz CT molecular complexity index is 831. The van der Waals surface area contributed by atoms with Crippen molar-refractivity contribution in [1.29, 1.82) is 0 Å². The van der Waals surface area contributed by atoms with Crippen LogP contribution in [0.4, 0.5) is 5.13 Å². The number of aromatic nitrogens is 2. The SMILES string of the molecule is CCc1nsc(N2CCN(C(=NC)NCC(=O)N(CC)Cc3ccccc3)CC2)n1. The van der Waals surface area contributed by atoms with Crippen molar-refractivity contribution < 1.29 is 4.79 Å². The second kappa shape index (κ2) is 10.9. The molecule has 162 valence electrons. The summed E-state index contributed by atoms with van der Waals surface area (Å²) < 4.78 is 4.38. The van der Waals surface area contributed by atoms with Crippen LogP contribution in [-0.2, 0) is 17.8 Å². The molecule has 0 unspecified atom stereocenters. The molecule has 0 aliphatic carbocycles. The zero-order valence-corrected chi connectivity index (χ0v) is 18.9. The van der Waals surface area contributed by atoms with Crippen LogP contribution < -0.4 is 10.2 Å². The van der Waals surface area contributed by atoms with Gasteiger partial charge in [-0.15, -0.1) is 0 Å². The standard InChI is InChI=1S/C21H31N7OS/c1-4-18-24-21(30-25-18)28-13-11-27(12-14-28)20(22-3)23-15-19(29)26(5-2)16-17-9-7-6-8-10-17/h6-10H,4-5,11-16H2,1-3H3,(H,22,23). The van der Waals surface area contributed by atoms with Crippen LogP contribution in [0.15, 0.2) is 35.3 Å². The quantitative estimate of drug-likeness (QED) is 0.535. The maximum Gasteiger partial charge on any atom is 0.242 e. The predicted octanol–water partition coefficient (Wildman–Crippen LogP) is 1.85. The summed E-state index contributed by atoms with van der Waals surface area (Å²) in [4.78, 5) is 28.0. The summed E-state index contributed by atoms with van der Waals surface area (Å²) in [6.45, 7) is 9.00. The number of nitrogens with one attached hydrogen (secondary N) is 1. The van der Waals surface area contributed by atoms with E-state index in [2.05, 4.69) is 36.4 Å². The lowest BCUT2D eigenvalue weighted by molar-refractivity contribution is -0.130. The van der Waals surface area contributed by atoms with Crippen LogP contribution in [0.25, 0.3) is 0 Å². The molecule has 1 aromatic heterocycles. The molecule has 0 radical (unpaired) electrons. The molecular weight excluding hydrogens is 398 g/mol. The van der Waals surface area contributed by atoms with Crippen molar-refractivity contribution in [3.05, 3.63) is 41.7 Å². The van der Waals surface area contributed by atoms with E-state index in [0.29, 0.717) is 13.1 Å². The molecule has 1 aliphatic heterocycles. The Balaban J connectivity index is 1.49. The van der Waals surface area contributed by atoms with Gasteiger partial charge in [-0.3, -0.25) is 9.79 Å². The van der Waals surface area contributed by atoms with E-state index in [0.717, 1.165) is 55.1 Å². The molecule has 1 N–H and O–H groups in total. The minimum atomic E-state index is 0.0714. The van der Waals surface area contributed by atoms with Crippen LogP contribution in [0, 0.1) is 0 Å². The number of benzene rings is 1. The number of aryl methyl sites for hydroxylation is 1. The summed E-state index contributed by atoms with van der Waals surface area (Å²) in [7, 11) is 1.76. The van der Waals surface area contributed by atoms with E-state index in [1.54, 1.807) is 7.05 Å². The molecule has 8 nitrogen and oxygen atoms in total. The zero-order valence-electron chi connectivity index (χ0n) is 18.0. The van der Waals surface area contributed by atoms with Crippen molar-refractivity contribution in [1.82, 2.24) is 24.5 Å². The number of carbonyl (C=O) groups is 1. The largest absolute Gasteiger partial charge is 0.347 e. The number of rotatable bonds is 7.